The summed E-state index contributed by atoms with van der Waals surface area (Å²) in [5.41, 5.74) is 14.2. The zero-order chi connectivity index (χ0) is 69.0. The summed E-state index contributed by atoms with van der Waals surface area (Å²) in [4.78, 5) is 45.4. The van der Waals surface area contributed by atoms with E-state index in [1.165, 1.54) is 69.3 Å². The van der Waals surface area contributed by atoms with E-state index in [2.05, 4.69) is 63.8 Å². The molecule has 14 rings (SSSR count). The quantitative estimate of drug-likeness (QED) is 0.0232. The van der Waals surface area contributed by atoms with Crippen LogP contribution < -0.4 is 52.7 Å². The Morgan fingerprint density at radius 1 is 0.624 bits per heavy atom. The van der Waals surface area contributed by atoms with E-state index in [-0.39, 0.29) is 84.5 Å². The van der Waals surface area contributed by atoms with Crippen LogP contribution in [0.25, 0.3) is 0 Å². The number of Topliss-reactive ketones (excluding diaryl/α,β-unsaturated/α-hetero) is 1. The number of hydrogen-bond donors (Lipinski definition) is 7. The molecule has 0 radical (unpaired) electrons. The van der Waals surface area contributed by atoms with Gasteiger partial charge in [0.25, 0.3) is 0 Å². The SMILES string of the molecule is C.C.C.C.C=COC1CCc2cc(OC3CCCCO3)ccc21.CCOCC.O=C1CCc2cc(O)ccc21.O=CCC1CCc2cc(OC3CCCCO3)ccc21.O=c1[nH]cc(CC2CCc3cc(O)ccc32)[nH]1.Oc1ccc2c(c1)CCC2Cc1cnc[nH]1.[CH2+]C(C)O.[Li+].[O-][Cl+3]([O-])([O-])[O-]. The number of aryl methyl sites for hydroxylation is 5. The molecule has 4 heterocycles. The van der Waals surface area contributed by atoms with E-state index in [0.29, 0.717) is 42.1 Å². The number of phenolic OH excluding ortho intramolecular Hbond substituents is 3. The Bertz CT molecular complexity index is 3470. The Labute approximate surface area is 612 Å². The molecule has 7 aromatic rings. The summed E-state index contributed by atoms with van der Waals surface area (Å²) in [7, 11) is -4.94. The van der Waals surface area contributed by atoms with Gasteiger partial charge < -0.3 is 68.6 Å². The molecule has 5 aromatic carbocycles. The normalized spacial score (nSPS) is 19.0. The molecule has 7 unspecified atom stereocenters. The number of benzene rings is 5. The van der Waals surface area contributed by atoms with Crippen molar-refractivity contribution in [3.63, 3.8) is 0 Å². The minimum Gasteiger partial charge on any atom is -0.508 e. The van der Waals surface area contributed by atoms with E-state index in [9.17, 15) is 24.6 Å². The number of aldehydes is 1. The second-order valence-corrected chi connectivity index (χ2v) is 25.0. The molecule has 0 spiro atoms. The summed E-state index contributed by atoms with van der Waals surface area (Å²) in [5, 5.41) is 35.9. The van der Waals surface area contributed by atoms with Crippen molar-refractivity contribution in [1.82, 2.24) is 19.9 Å². The van der Waals surface area contributed by atoms with Gasteiger partial charge in [-0.15, -0.1) is 10.2 Å². The second kappa shape index (κ2) is 46.3. The number of ether oxygens (including phenoxy) is 6. The third-order valence-corrected chi connectivity index (χ3v) is 17.1. The second-order valence-electron chi connectivity index (χ2n) is 24.3. The van der Waals surface area contributed by atoms with E-state index >= 15 is 0 Å². The van der Waals surface area contributed by atoms with Crippen molar-refractivity contribution < 1.29 is 106 Å². The van der Waals surface area contributed by atoms with Crippen LogP contribution in [0, 0.1) is 17.2 Å². The molecule has 2 aliphatic heterocycles. The van der Waals surface area contributed by atoms with Crippen molar-refractivity contribution in [3.05, 3.63) is 207 Å². The van der Waals surface area contributed by atoms with E-state index in [1.54, 1.807) is 49.8 Å². The van der Waals surface area contributed by atoms with Crippen LogP contribution in [0.2, 0.25) is 0 Å². The predicted octanol–water partition coefficient (Wildman–Crippen LogP) is 8.58. The number of fused-ring (bicyclic) bond motifs is 5. The van der Waals surface area contributed by atoms with Crippen LogP contribution in [0.1, 0.15) is 223 Å². The average molecular weight is 1420 g/mol. The molecule has 7 aliphatic rings. The van der Waals surface area contributed by atoms with Gasteiger partial charge in [0.15, 0.2) is 24.5 Å². The number of phenols is 3. The van der Waals surface area contributed by atoms with E-state index in [0.717, 1.165) is 157 Å². The largest absolute Gasteiger partial charge is 1.00 e. The number of imidazole rings is 2. The van der Waals surface area contributed by atoms with Crippen molar-refractivity contribution in [1.29, 1.82) is 0 Å². The Morgan fingerprint density at radius 2 is 1.08 bits per heavy atom. The Kier molecular flexibility index (Phi) is 41.1. The van der Waals surface area contributed by atoms with Crippen molar-refractivity contribution in [3.8, 4) is 28.7 Å². The fourth-order valence-electron chi connectivity index (χ4n) is 12.8. The van der Waals surface area contributed by atoms with E-state index < -0.39 is 16.3 Å². The summed E-state index contributed by atoms with van der Waals surface area (Å²) in [6.45, 7) is 15.7. The zero-order valence-corrected chi connectivity index (χ0v) is 56.9. The number of halogens is 1. The van der Waals surface area contributed by atoms with Gasteiger partial charge in [0.2, 0.25) is 0 Å². The number of aromatic nitrogens is 4. The first kappa shape index (κ1) is 89.7. The number of ketones is 1. The van der Waals surface area contributed by atoms with Crippen LogP contribution in [0.15, 0.2) is 127 Å². The van der Waals surface area contributed by atoms with Gasteiger partial charge in [-0.2, -0.15) is 0 Å². The number of carbonyl (C=O) groups excluding carboxylic acids is 2. The minimum atomic E-state index is -4.94. The van der Waals surface area contributed by atoms with Gasteiger partial charge in [-0.25, -0.2) is 28.4 Å². The number of aromatic hydroxyl groups is 3. The number of nitrogens with one attached hydrogen (secondary N) is 3. The standard InChI is InChI=1S/2C16H20O3.C13H14N2O2.C13H14N2O.C9H8O2.C4H10O.C3H7O.4CH4.ClHO4.Li/c1-2-17-15-9-6-12-11-13(7-8-14(12)15)19-16-5-3-4-10-18-16;17-9-8-12-4-5-13-11-14(6-7-15(12)13)19-16-3-1-2-10-18-16;16-11-3-4-12-8(1-2-9(12)6-11)5-10-7-14-13(17)15-10;16-12-3-4-13-9(1-2-10(13)6-12)5-11-7-14-8-15-11;10-7-2-3-8-6(5-7)1-4-9(8)11;1-3-5-4-2;1-3(2)4;;;;;2-1(3,4)5;/h2,7-8,11,15-16H,1,3-6,9-10H2;6-7,9,11-12,16H,1-5,8,10H2;3-4,6-8,16H,1-2,5H2,(H2,14,15,17);3-4,6-9,16H,1-2,5H2,(H,14,15);2-3,5,10H,1,4H2;3-4H2,1-2H3;3-4H,1H2,2H3;4*1H4;(H,2,3,4,5);/q;;;;;;+1;;;;;;+1/p-1. The topological polar surface area (TPSA) is 340 Å². The van der Waals surface area contributed by atoms with Gasteiger partial charge in [-0.1, -0.05) is 60.6 Å². The molecule has 0 bridgehead atoms. The maximum absolute atomic E-state index is 11.1. The number of nitrogens with zero attached hydrogens (tertiary/aromatic N) is 1. The van der Waals surface area contributed by atoms with Gasteiger partial charge in [-0.05, 0) is 245 Å². The summed E-state index contributed by atoms with van der Waals surface area (Å²) in [6.07, 6.45) is 26.5. The van der Waals surface area contributed by atoms with Crippen LogP contribution in [0.4, 0.5) is 0 Å². The third-order valence-electron chi connectivity index (χ3n) is 17.1. The number of carbonyl (C=O) groups is 2. The molecular formula is C78H109ClLiN4O17+. The molecule has 23 heteroatoms. The Balaban J connectivity index is 0.000000407. The number of rotatable bonds is 14. The van der Waals surface area contributed by atoms with Gasteiger partial charge in [0.1, 0.15) is 41.1 Å². The molecule has 0 amide bonds. The molecule has 2 saturated heterocycles. The molecule has 7 N–H and O–H groups in total. The maximum Gasteiger partial charge on any atom is 1.00 e. The van der Waals surface area contributed by atoms with E-state index in [1.807, 2.05) is 50.4 Å². The summed E-state index contributed by atoms with van der Waals surface area (Å²) in [5.74, 6) is 4.38. The molecule has 5 aliphatic carbocycles. The molecule has 2 fully saturated rings. The van der Waals surface area contributed by atoms with Crippen molar-refractivity contribution in [2.45, 2.75) is 215 Å². The van der Waals surface area contributed by atoms with Crippen LogP contribution >= 0.6 is 0 Å². The monoisotopic (exact) mass is 1420 g/mol. The smallest absolute Gasteiger partial charge is 0.508 e. The van der Waals surface area contributed by atoms with E-state index in [4.69, 9.17) is 57.3 Å². The van der Waals surface area contributed by atoms with Crippen LogP contribution in [0.3, 0.4) is 0 Å². The Hall–Kier alpha value is -7.36. The number of aliphatic hydroxyl groups excluding tert-OH is 1. The first-order chi connectivity index (χ1) is 46.2. The van der Waals surface area contributed by atoms with Gasteiger partial charge in [0.05, 0.1) is 32.7 Å². The maximum atomic E-state index is 11.1. The fourth-order valence-corrected chi connectivity index (χ4v) is 12.8. The number of aliphatic hydroxyl groups is 1. The van der Waals surface area contributed by atoms with Crippen LogP contribution in [-0.2, 0) is 68.7 Å². The summed E-state index contributed by atoms with van der Waals surface area (Å²) >= 11 is 0. The van der Waals surface area contributed by atoms with Crippen LogP contribution in [0.5, 0.6) is 28.7 Å². The van der Waals surface area contributed by atoms with Crippen molar-refractivity contribution >= 4 is 12.1 Å². The molecule has 101 heavy (non-hydrogen) atoms. The molecular weight excluding hydrogens is 1310 g/mol. The number of aromatic amines is 3. The molecule has 0 saturated carbocycles. The van der Waals surface area contributed by atoms with Crippen molar-refractivity contribution in [2.24, 2.45) is 0 Å². The molecule has 7 atom stereocenters. The first-order valence-electron chi connectivity index (χ1n) is 33.2. The zero-order valence-electron chi connectivity index (χ0n) is 56.2. The fraction of sp³-hybridized carbons (Fsp3) is 0.474. The van der Waals surface area contributed by atoms with Gasteiger partial charge in [-0.3, -0.25) is 4.79 Å². The van der Waals surface area contributed by atoms with Gasteiger partial charge >= 0.3 is 24.6 Å². The predicted molar refractivity (Wildman–Crippen MR) is 378 cm³/mol. The summed E-state index contributed by atoms with van der Waals surface area (Å²) in [6, 6.07) is 28.7. The average Bonchev–Trinajstić information content (AvgIpc) is 1.72. The summed E-state index contributed by atoms with van der Waals surface area (Å²) < 4.78 is 67.3. The van der Waals surface area contributed by atoms with Crippen LogP contribution in [-0.4, -0.2) is 97.5 Å². The van der Waals surface area contributed by atoms with Gasteiger partial charge in [0, 0.05) is 75.2 Å². The molecule has 21 nitrogen and oxygen atoms in total. The third kappa shape index (κ3) is 30.2. The minimum absolute atomic E-state index is 0. The van der Waals surface area contributed by atoms with Crippen molar-refractivity contribution in [2.75, 3.05) is 26.4 Å². The number of hydrogen-bond acceptors (Lipinski definition) is 18. The molecule has 550 valence electrons. The first-order valence-corrected chi connectivity index (χ1v) is 34.4. The Morgan fingerprint density at radius 3 is 1.53 bits per heavy atom. The number of H-pyrrole nitrogens is 3. The molecule has 2 aromatic heterocycles.